The van der Waals surface area contributed by atoms with Gasteiger partial charge in [-0.1, -0.05) is 23.7 Å². The average Bonchev–Trinajstić information content (AvgIpc) is 2.32. The molecule has 0 aromatic heterocycles. The number of benzene rings is 2. The molecular weight excluding hydrogens is 239 g/mol. The zero-order valence-corrected chi connectivity index (χ0v) is 10.1. The van der Waals surface area contributed by atoms with Crippen molar-refractivity contribution in [3.63, 3.8) is 0 Å². The maximum atomic E-state index is 13.1. The Bertz CT molecular complexity index is 543. The van der Waals surface area contributed by atoms with Crippen molar-refractivity contribution in [2.75, 3.05) is 17.7 Å². The second-order valence-electron chi connectivity index (χ2n) is 3.72. The number of nitrogens with zero attached hydrogens (tertiary/aromatic N) is 1. The zero-order chi connectivity index (χ0) is 12.4. The van der Waals surface area contributed by atoms with Crippen molar-refractivity contribution in [2.45, 2.75) is 0 Å². The Hall–Kier alpha value is -1.74. The lowest BCUT2D eigenvalue weighted by molar-refractivity contribution is 0.628. The minimum atomic E-state index is -0.426. The van der Waals surface area contributed by atoms with Crippen molar-refractivity contribution in [3.8, 4) is 0 Å². The molecule has 2 nitrogen and oxygen atoms in total. The minimum absolute atomic E-state index is 0.101. The lowest BCUT2D eigenvalue weighted by Gasteiger charge is -2.21. The van der Waals surface area contributed by atoms with Gasteiger partial charge in [-0.05, 0) is 30.3 Å². The van der Waals surface area contributed by atoms with E-state index < -0.39 is 5.82 Å². The molecule has 0 saturated heterocycles. The molecule has 0 radical (unpaired) electrons. The van der Waals surface area contributed by atoms with Gasteiger partial charge in [-0.25, -0.2) is 4.39 Å². The first-order chi connectivity index (χ1) is 8.09. The maximum Gasteiger partial charge on any atom is 0.141 e. The molecule has 0 spiro atoms. The van der Waals surface area contributed by atoms with Crippen molar-refractivity contribution < 1.29 is 4.39 Å². The molecule has 0 fully saturated rings. The van der Waals surface area contributed by atoms with Crippen LogP contribution in [0.15, 0.2) is 42.5 Å². The SMILES string of the molecule is CN(c1ccc(F)c(Cl)c1)c1ccccc1N. The molecule has 0 atom stereocenters. The molecule has 0 amide bonds. The van der Waals surface area contributed by atoms with Crippen LogP contribution in [-0.2, 0) is 0 Å². The van der Waals surface area contributed by atoms with Crippen LogP contribution in [0.3, 0.4) is 0 Å². The fourth-order valence-corrected chi connectivity index (χ4v) is 1.80. The van der Waals surface area contributed by atoms with E-state index >= 15 is 0 Å². The van der Waals surface area contributed by atoms with Crippen LogP contribution in [0.2, 0.25) is 5.02 Å². The third-order valence-electron chi connectivity index (χ3n) is 2.59. The molecule has 0 aliphatic rings. The average molecular weight is 251 g/mol. The van der Waals surface area contributed by atoms with Gasteiger partial charge in [-0.15, -0.1) is 0 Å². The van der Waals surface area contributed by atoms with Gasteiger partial charge in [0.05, 0.1) is 16.4 Å². The van der Waals surface area contributed by atoms with E-state index in [-0.39, 0.29) is 5.02 Å². The van der Waals surface area contributed by atoms with Crippen molar-refractivity contribution in [3.05, 3.63) is 53.3 Å². The number of nitrogens with two attached hydrogens (primary N) is 1. The Morgan fingerprint density at radius 3 is 2.53 bits per heavy atom. The van der Waals surface area contributed by atoms with Crippen LogP contribution in [0, 0.1) is 5.82 Å². The molecule has 2 rings (SSSR count). The molecule has 2 aromatic rings. The zero-order valence-electron chi connectivity index (χ0n) is 9.32. The topological polar surface area (TPSA) is 29.3 Å². The van der Waals surface area contributed by atoms with E-state index in [0.29, 0.717) is 5.69 Å². The Balaban J connectivity index is 2.40. The fraction of sp³-hybridized carbons (Fsp3) is 0.0769. The summed E-state index contributed by atoms with van der Waals surface area (Å²) in [5, 5.41) is 0.101. The molecular formula is C13H12ClFN2. The molecule has 2 N–H and O–H groups in total. The molecule has 0 bridgehead atoms. The van der Waals surface area contributed by atoms with E-state index in [9.17, 15) is 4.39 Å². The van der Waals surface area contributed by atoms with E-state index in [1.54, 1.807) is 12.1 Å². The van der Waals surface area contributed by atoms with Crippen LogP contribution in [-0.4, -0.2) is 7.05 Å². The summed E-state index contributed by atoms with van der Waals surface area (Å²) in [4.78, 5) is 1.86. The van der Waals surface area contributed by atoms with E-state index in [0.717, 1.165) is 11.4 Å². The molecule has 0 unspecified atom stereocenters. The third-order valence-corrected chi connectivity index (χ3v) is 2.88. The normalized spacial score (nSPS) is 10.3. The van der Waals surface area contributed by atoms with Crippen molar-refractivity contribution >= 4 is 28.7 Å². The summed E-state index contributed by atoms with van der Waals surface area (Å²) in [7, 11) is 1.86. The van der Waals surface area contributed by atoms with E-state index in [1.165, 1.54) is 6.07 Å². The van der Waals surface area contributed by atoms with Crippen LogP contribution in [0.25, 0.3) is 0 Å². The highest BCUT2D eigenvalue weighted by Gasteiger charge is 2.08. The standard InChI is InChI=1S/C13H12ClFN2/c1-17(13-5-3-2-4-12(13)16)9-6-7-11(15)10(14)8-9/h2-8H,16H2,1H3. The monoisotopic (exact) mass is 250 g/mol. The molecule has 4 heteroatoms. The van der Waals surface area contributed by atoms with Crippen LogP contribution >= 0.6 is 11.6 Å². The molecule has 17 heavy (non-hydrogen) atoms. The summed E-state index contributed by atoms with van der Waals surface area (Å²) in [5.41, 5.74) is 8.18. The van der Waals surface area contributed by atoms with Crippen LogP contribution in [0.1, 0.15) is 0 Å². The number of halogens is 2. The van der Waals surface area contributed by atoms with Gasteiger partial charge in [0.1, 0.15) is 5.82 Å². The molecule has 88 valence electrons. The Morgan fingerprint density at radius 2 is 1.88 bits per heavy atom. The van der Waals surface area contributed by atoms with Crippen molar-refractivity contribution in [2.24, 2.45) is 0 Å². The van der Waals surface area contributed by atoms with Gasteiger partial charge in [0.15, 0.2) is 0 Å². The summed E-state index contributed by atoms with van der Waals surface area (Å²) in [5.74, 6) is -0.426. The molecule has 0 saturated carbocycles. The lowest BCUT2D eigenvalue weighted by Crippen LogP contribution is -2.11. The predicted molar refractivity (Wildman–Crippen MR) is 70.3 cm³/mol. The first-order valence-electron chi connectivity index (χ1n) is 5.13. The number of nitrogen functional groups attached to an aromatic ring is 1. The van der Waals surface area contributed by atoms with Gasteiger partial charge in [0.25, 0.3) is 0 Å². The number of anilines is 3. The molecule has 0 aliphatic carbocycles. The maximum absolute atomic E-state index is 13.1. The third kappa shape index (κ3) is 2.34. The number of hydrogen-bond donors (Lipinski definition) is 1. The van der Waals surface area contributed by atoms with Gasteiger partial charge >= 0.3 is 0 Å². The molecule has 0 aliphatic heterocycles. The van der Waals surface area contributed by atoms with Crippen LogP contribution in [0.4, 0.5) is 21.5 Å². The highest BCUT2D eigenvalue weighted by molar-refractivity contribution is 6.31. The fourth-order valence-electron chi connectivity index (χ4n) is 1.63. The summed E-state index contributed by atoms with van der Waals surface area (Å²) in [6, 6.07) is 12.0. The second-order valence-corrected chi connectivity index (χ2v) is 4.12. The van der Waals surface area contributed by atoms with Gasteiger partial charge in [0, 0.05) is 12.7 Å². The largest absolute Gasteiger partial charge is 0.397 e. The molecule has 0 heterocycles. The van der Waals surface area contributed by atoms with Crippen molar-refractivity contribution in [1.82, 2.24) is 0 Å². The predicted octanol–water partition coefficient (Wildman–Crippen LogP) is 3.83. The summed E-state index contributed by atoms with van der Waals surface area (Å²) in [6.45, 7) is 0. The van der Waals surface area contributed by atoms with Crippen LogP contribution in [0.5, 0.6) is 0 Å². The first-order valence-corrected chi connectivity index (χ1v) is 5.50. The smallest absolute Gasteiger partial charge is 0.141 e. The highest BCUT2D eigenvalue weighted by atomic mass is 35.5. The number of rotatable bonds is 2. The van der Waals surface area contributed by atoms with Gasteiger partial charge < -0.3 is 10.6 Å². The highest BCUT2D eigenvalue weighted by Crippen LogP contribution is 2.30. The van der Waals surface area contributed by atoms with E-state index in [2.05, 4.69) is 0 Å². The first kappa shape index (κ1) is 11.7. The van der Waals surface area contributed by atoms with E-state index in [1.807, 2.05) is 36.2 Å². The van der Waals surface area contributed by atoms with Crippen molar-refractivity contribution in [1.29, 1.82) is 0 Å². The van der Waals surface area contributed by atoms with E-state index in [4.69, 9.17) is 17.3 Å². The number of hydrogen-bond acceptors (Lipinski definition) is 2. The van der Waals surface area contributed by atoms with Gasteiger partial charge in [0.2, 0.25) is 0 Å². The molecule has 2 aromatic carbocycles. The van der Waals surface area contributed by atoms with Crippen LogP contribution < -0.4 is 10.6 Å². The number of para-hydroxylation sites is 2. The minimum Gasteiger partial charge on any atom is -0.397 e. The lowest BCUT2D eigenvalue weighted by atomic mass is 10.2. The van der Waals surface area contributed by atoms with Gasteiger partial charge in [-0.2, -0.15) is 0 Å². The summed E-state index contributed by atoms with van der Waals surface area (Å²) in [6.07, 6.45) is 0. The Labute approximate surface area is 104 Å². The quantitative estimate of drug-likeness (QED) is 0.821. The second kappa shape index (κ2) is 4.63. The summed E-state index contributed by atoms with van der Waals surface area (Å²) < 4.78 is 13.1. The van der Waals surface area contributed by atoms with Gasteiger partial charge in [-0.3, -0.25) is 0 Å². The Morgan fingerprint density at radius 1 is 1.18 bits per heavy atom. The summed E-state index contributed by atoms with van der Waals surface area (Å²) >= 11 is 5.75. The Kier molecular flexibility index (Phi) is 3.20.